The van der Waals surface area contributed by atoms with Crippen LogP contribution in [0.5, 0.6) is 0 Å². The van der Waals surface area contributed by atoms with Gasteiger partial charge >= 0.3 is 0 Å². The number of aromatic amines is 1. The number of sulfonamides is 1. The van der Waals surface area contributed by atoms with Crippen molar-refractivity contribution in [1.82, 2.24) is 24.4 Å². The van der Waals surface area contributed by atoms with Crippen LogP contribution in [0.25, 0.3) is 0 Å². The van der Waals surface area contributed by atoms with Crippen LogP contribution in [0.1, 0.15) is 16.4 Å². The number of furan rings is 1. The lowest BCUT2D eigenvalue weighted by atomic mass is 10.4. The molecule has 9 nitrogen and oxygen atoms in total. The predicted molar refractivity (Wildman–Crippen MR) is 71.8 cm³/mol. The molecule has 0 saturated carbocycles. The van der Waals surface area contributed by atoms with Crippen LogP contribution in [0, 0.1) is 0 Å². The molecular weight excluding hydrogens is 298 g/mol. The highest BCUT2D eigenvalue weighted by atomic mass is 32.2. The highest BCUT2D eigenvalue weighted by Crippen LogP contribution is 2.18. The van der Waals surface area contributed by atoms with E-state index in [0.717, 1.165) is 4.31 Å². The van der Waals surface area contributed by atoms with Crippen LogP contribution in [0.4, 0.5) is 0 Å². The van der Waals surface area contributed by atoms with Gasteiger partial charge in [-0.1, -0.05) is 0 Å². The highest BCUT2D eigenvalue weighted by Gasteiger charge is 2.24. The topological polar surface area (TPSA) is 112 Å². The summed E-state index contributed by atoms with van der Waals surface area (Å²) in [6, 6.07) is 2.58. The lowest BCUT2D eigenvalue weighted by molar-refractivity contribution is 0.0744. The molecule has 2 heterocycles. The molecule has 1 N–H and O–H groups in total. The Morgan fingerprint density at radius 3 is 2.62 bits per heavy atom. The molecule has 2 aromatic rings. The Labute approximate surface area is 121 Å². The van der Waals surface area contributed by atoms with Gasteiger partial charge in [-0.2, -0.15) is 5.10 Å². The van der Waals surface area contributed by atoms with E-state index in [-0.39, 0.29) is 17.4 Å². The van der Waals surface area contributed by atoms with E-state index in [9.17, 15) is 13.2 Å². The molecule has 21 heavy (non-hydrogen) atoms. The van der Waals surface area contributed by atoms with Crippen molar-refractivity contribution in [2.75, 3.05) is 21.1 Å². The summed E-state index contributed by atoms with van der Waals surface area (Å²) in [7, 11) is 0.620. The molecule has 2 aromatic heterocycles. The summed E-state index contributed by atoms with van der Waals surface area (Å²) >= 11 is 0. The summed E-state index contributed by atoms with van der Waals surface area (Å²) in [4.78, 5) is 17.4. The van der Waals surface area contributed by atoms with Crippen LogP contribution in [0.2, 0.25) is 0 Å². The van der Waals surface area contributed by atoms with Gasteiger partial charge in [-0.05, 0) is 12.1 Å². The van der Waals surface area contributed by atoms with Gasteiger partial charge in [0.15, 0.2) is 5.76 Å². The molecule has 10 heteroatoms. The van der Waals surface area contributed by atoms with E-state index in [4.69, 9.17) is 4.42 Å². The van der Waals surface area contributed by atoms with Gasteiger partial charge in [-0.15, -0.1) is 0 Å². The van der Waals surface area contributed by atoms with Crippen LogP contribution in [-0.2, 0) is 16.6 Å². The molecular formula is C11H15N5O4S. The molecule has 0 saturated heterocycles. The number of rotatable bonds is 5. The number of hydrogen-bond acceptors (Lipinski definition) is 6. The van der Waals surface area contributed by atoms with Crippen molar-refractivity contribution in [1.29, 1.82) is 0 Å². The zero-order valence-corrected chi connectivity index (χ0v) is 12.6. The van der Waals surface area contributed by atoms with Gasteiger partial charge in [0.25, 0.3) is 15.9 Å². The Morgan fingerprint density at radius 2 is 2.05 bits per heavy atom. The molecule has 0 radical (unpaired) electrons. The average Bonchev–Trinajstić information content (AvgIpc) is 3.08. The predicted octanol–water partition coefficient (Wildman–Crippen LogP) is -0.0798. The van der Waals surface area contributed by atoms with Gasteiger partial charge in [0.2, 0.25) is 5.09 Å². The molecule has 0 aliphatic carbocycles. The molecule has 0 aromatic carbocycles. The third-order valence-corrected chi connectivity index (χ3v) is 4.41. The van der Waals surface area contributed by atoms with Gasteiger partial charge in [-0.3, -0.25) is 9.89 Å². The van der Waals surface area contributed by atoms with E-state index >= 15 is 0 Å². The molecule has 0 bridgehead atoms. The fourth-order valence-corrected chi connectivity index (χ4v) is 2.34. The Balaban J connectivity index is 2.16. The van der Waals surface area contributed by atoms with Gasteiger partial charge in [0, 0.05) is 21.1 Å². The summed E-state index contributed by atoms with van der Waals surface area (Å²) < 4.78 is 29.9. The number of aromatic nitrogens is 3. The number of carbonyl (C=O) groups is 1. The Bertz CT molecular complexity index is 720. The molecule has 0 aliphatic rings. The van der Waals surface area contributed by atoms with Crippen molar-refractivity contribution in [3.63, 3.8) is 0 Å². The summed E-state index contributed by atoms with van der Waals surface area (Å²) in [5.41, 5.74) is 0. The second-order valence-corrected chi connectivity index (χ2v) is 6.58. The SMILES string of the molecule is CN(Cc1ncn[nH]1)C(=O)c1ccc(S(=O)(=O)N(C)C)o1. The summed E-state index contributed by atoms with van der Waals surface area (Å²) in [5, 5.41) is 6.04. The van der Waals surface area contributed by atoms with Crippen molar-refractivity contribution in [2.45, 2.75) is 11.6 Å². The van der Waals surface area contributed by atoms with Gasteiger partial charge in [0.1, 0.15) is 12.2 Å². The quantitative estimate of drug-likeness (QED) is 0.826. The zero-order chi connectivity index (χ0) is 15.6. The number of nitrogens with zero attached hydrogens (tertiary/aromatic N) is 4. The maximum atomic E-state index is 12.1. The molecule has 0 aliphatic heterocycles. The molecule has 0 atom stereocenters. The summed E-state index contributed by atoms with van der Waals surface area (Å²) in [5.74, 6) is 0.00240. The first-order valence-corrected chi connectivity index (χ1v) is 7.38. The van der Waals surface area contributed by atoms with E-state index in [1.807, 2.05) is 0 Å². The minimum Gasteiger partial charge on any atom is -0.438 e. The molecule has 2 rings (SSSR count). The number of amides is 1. The second-order valence-electron chi connectivity index (χ2n) is 4.50. The van der Waals surface area contributed by atoms with E-state index in [1.54, 1.807) is 7.05 Å². The highest BCUT2D eigenvalue weighted by molar-refractivity contribution is 7.88. The lowest BCUT2D eigenvalue weighted by Gasteiger charge is -2.13. The molecule has 0 unspecified atom stereocenters. The third-order valence-electron chi connectivity index (χ3n) is 2.73. The fourth-order valence-electron chi connectivity index (χ4n) is 1.55. The van der Waals surface area contributed by atoms with Crippen LogP contribution >= 0.6 is 0 Å². The van der Waals surface area contributed by atoms with Crippen LogP contribution in [-0.4, -0.2) is 59.9 Å². The summed E-state index contributed by atoms with van der Waals surface area (Å²) in [6.07, 6.45) is 1.34. The Hall–Kier alpha value is -2.20. The standard InChI is InChI=1S/C11H15N5O4S/c1-15(2)21(18,19)10-5-4-8(20-10)11(17)16(3)6-9-12-7-13-14-9/h4-5,7H,6H2,1-3H3,(H,12,13,14). The largest absolute Gasteiger partial charge is 0.438 e. The molecule has 0 spiro atoms. The van der Waals surface area contributed by atoms with Gasteiger partial charge in [0.05, 0.1) is 6.54 Å². The lowest BCUT2D eigenvalue weighted by Crippen LogP contribution is -2.26. The first-order valence-electron chi connectivity index (χ1n) is 5.94. The summed E-state index contributed by atoms with van der Waals surface area (Å²) in [6.45, 7) is 0.204. The van der Waals surface area contributed by atoms with E-state index < -0.39 is 15.9 Å². The van der Waals surface area contributed by atoms with Crippen molar-refractivity contribution in [3.8, 4) is 0 Å². The third kappa shape index (κ3) is 3.11. The number of nitrogens with one attached hydrogen (secondary N) is 1. The monoisotopic (exact) mass is 313 g/mol. The molecule has 1 amide bonds. The van der Waals surface area contributed by atoms with E-state index in [1.165, 1.54) is 37.5 Å². The van der Waals surface area contributed by atoms with Crippen LogP contribution < -0.4 is 0 Å². The second kappa shape index (κ2) is 5.66. The first-order chi connectivity index (χ1) is 9.82. The van der Waals surface area contributed by atoms with E-state index in [2.05, 4.69) is 15.2 Å². The smallest absolute Gasteiger partial charge is 0.289 e. The molecule has 0 fully saturated rings. The zero-order valence-electron chi connectivity index (χ0n) is 11.8. The van der Waals surface area contributed by atoms with Crippen LogP contribution in [0.3, 0.4) is 0 Å². The fraction of sp³-hybridized carbons (Fsp3) is 0.364. The Morgan fingerprint density at radius 1 is 1.33 bits per heavy atom. The van der Waals surface area contributed by atoms with E-state index in [0.29, 0.717) is 5.82 Å². The number of carbonyl (C=O) groups excluding carboxylic acids is 1. The first kappa shape index (κ1) is 15.2. The van der Waals surface area contributed by atoms with Crippen LogP contribution in [0.15, 0.2) is 28.0 Å². The van der Waals surface area contributed by atoms with Crippen molar-refractivity contribution < 1.29 is 17.6 Å². The maximum Gasteiger partial charge on any atom is 0.289 e. The minimum absolute atomic E-state index is 0.0579. The Kier molecular flexibility index (Phi) is 4.09. The van der Waals surface area contributed by atoms with Gasteiger partial charge < -0.3 is 9.32 Å². The van der Waals surface area contributed by atoms with Crippen molar-refractivity contribution in [3.05, 3.63) is 30.0 Å². The van der Waals surface area contributed by atoms with Crippen molar-refractivity contribution >= 4 is 15.9 Å². The van der Waals surface area contributed by atoms with Gasteiger partial charge in [-0.25, -0.2) is 17.7 Å². The average molecular weight is 313 g/mol. The van der Waals surface area contributed by atoms with Crippen molar-refractivity contribution in [2.24, 2.45) is 0 Å². The number of H-pyrrole nitrogens is 1. The maximum absolute atomic E-state index is 12.1. The molecule has 114 valence electrons. The number of hydrogen-bond donors (Lipinski definition) is 1. The normalized spacial score (nSPS) is 11.8. The minimum atomic E-state index is -3.70.